The summed E-state index contributed by atoms with van der Waals surface area (Å²) >= 11 is 0. The molecule has 0 aromatic carbocycles. The summed E-state index contributed by atoms with van der Waals surface area (Å²) in [6, 6.07) is 0. The van der Waals surface area contributed by atoms with Crippen LogP contribution in [0.15, 0.2) is 36.5 Å². The molecule has 0 bridgehead atoms. The number of carbonyl (C=O) groups excluding carboxylic acids is 1. The van der Waals surface area contributed by atoms with Crippen molar-refractivity contribution in [1.82, 2.24) is 0 Å². The molecule has 0 saturated heterocycles. The van der Waals surface area contributed by atoms with E-state index in [9.17, 15) is 9.59 Å². The second-order valence-electron chi connectivity index (χ2n) is 10.6. The Morgan fingerprint density at radius 1 is 0.605 bits per heavy atom. The van der Waals surface area contributed by atoms with Crippen molar-refractivity contribution < 1.29 is 19.4 Å². The Morgan fingerprint density at radius 2 is 1.11 bits per heavy atom. The molecule has 0 saturated carbocycles. The van der Waals surface area contributed by atoms with Gasteiger partial charge in [0.25, 0.3) is 0 Å². The molecule has 38 heavy (non-hydrogen) atoms. The van der Waals surface area contributed by atoms with Crippen LogP contribution in [0.3, 0.4) is 0 Å². The second kappa shape index (κ2) is 29.7. The minimum atomic E-state index is -0.729. The smallest absolute Gasteiger partial charge is 0.306 e. The van der Waals surface area contributed by atoms with Crippen molar-refractivity contribution in [3.8, 4) is 0 Å². The van der Waals surface area contributed by atoms with Crippen LogP contribution in [-0.2, 0) is 14.3 Å². The highest BCUT2D eigenvalue weighted by molar-refractivity contribution is 5.69. The summed E-state index contributed by atoms with van der Waals surface area (Å²) in [5.74, 6) is -0.820. The normalized spacial score (nSPS) is 12.7. The van der Waals surface area contributed by atoms with Gasteiger partial charge in [-0.1, -0.05) is 108 Å². The van der Waals surface area contributed by atoms with Gasteiger partial charge in [-0.3, -0.25) is 9.59 Å². The number of carbonyl (C=O) groups is 2. The summed E-state index contributed by atoms with van der Waals surface area (Å²) < 4.78 is 5.81. The van der Waals surface area contributed by atoms with E-state index in [0.29, 0.717) is 12.8 Å². The molecule has 0 heterocycles. The van der Waals surface area contributed by atoms with E-state index < -0.39 is 5.97 Å². The molecule has 0 aromatic rings. The zero-order chi connectivity index (χ0) is 27.9. The third-order valence-corrected chi connectivity index (χ3v) is 6.82. The molecule has 0 aliphatic carbocycles. The van der Waals surface area contributed by atoms with Gasteiger partial charge < -0.3 is 9.84 Å². The van der Waals surface area contributed by atoms with Crippen LogP contribution in [0.25, 0.3) is 0 Å². The van der Waals surface area contributed by atoms with Gasteiger partial charge in [-0.05, 0) is 76.7 Å². The molecule has 0 aliphatic rings. The Labute approximate surface area is 235 Å². The Balaban J connectivity index is 4.18. The molecule has 0 aromatic heterocycles. The van der Waals surface area contributed by atoms with Gasteiger partial charge in [-0.2, -0.15) is 0 Å². The maximum absolute atomic E-state index is 12.5. The van der Waals surface area contributed by atoms with Gasteiger partial charge in [0.05, 0.1) is 0 Å². The topological polar surface area (TPSA) is 63.6 Å². The highest BCUT2D eigenvalue weighted by atomic mass is 16.5. The molecular formula is C34H60O4. The molecule has 0 rings (SSSR count). The maximum Gasteiger partial charge on any atom is 0.306 e. The first-order chi connectivity index (χ1) is 18.6. The summed E-state index contributed by atoms with van der Waals surface area (Å²) in [5, 5.41) is 8.78. The molecule has 220 valence electrons. The SMILES string of the molecule is CCCCC/C=C\CCCCCCCC(=O)OC(/C=C\C/C=C\CCCCCC)CCCCCCC(=O)O. The fourth-order valence-electron chi connectivity index (χ4n) is 4.42. The van der Waals surface area contributed by atoms with Crippen molar-refractivity contribution in [2.75, 3.05) is 0 Å². The van der Waals surface area contributed by atoms with E-state index in [1.54, 1.807) is 0 Å². The van der Waals surface area contributed by atoms with Gasteiger partial charge in [0, 0.05) is 12.8 Å². The molecule has 1 atom stereocenters. The highest BCUT2D eigenvalue weighted by Crippen LogP contribution is 2.14. The summed E-state index contributed by atoms with van der Waals surface area (Å²) in [5.41, 5.74) is 0. The van der Waals surface area contributed by atoms with Crippen LogP contribution >= 0.6 is 0 Å². The number of hydrogen-bond donors (Lipinski definition) is 1. The quantitative estimate of drug-likeness (QED) is 0.0618. The van der Waals surface area contributed by atoms with E-state index in [0.717, 1.165) is 51.4 Å². The molecule has 0 fully saturated rings. The summed E-state index contributed by atoms with van der Waals surface area (Å²) in [6.07, 6.45) is 37.3. The van der Waals surface area contributed by atoms with Gasteiger partial charge in [-0.25, -0.2) is 0 Å². The molecule has 0 amide bonds. The van der Waals surface area contributed by atoms with Crippen molar-refractivity contribution in [1.29, 1.82) is 0 Å². The van der Waals surface area contributed by atoms with Gasteiger partial charge in [0.15, 0.2) is 0 Å². The average molecular weight is 533 g/mol. The average Bonchev–Trinajstić information content (AvgIpc) is 2.89. The van der Waals surface area contributed by atoms with Gasteiger partial charge in [0.2, 0.25) is 0 Å². The monoisotopic (exact) mass is 532 g/mol. The molecular weight excluding hydrogens is 472 g/mol. The standard InChI is InChI=1S/C34H60O4/c1-3-5-7-9-11-13-14-15-17-19-21-27-31-34(37)38-32(29-25-22-23-26-30-33(35)36)28-24-20-18-16-12-10-8-6-4-2/h11,13,16,18,24,28,32H,3-10,12,14-15,17,19-23,25-27,29-31H2,1-2H3,(H,35,36)/b13-11-,18-16-,28-24-. The Morgan fingerprint density at radius 3 is 1.76 bits per heavy atom. The fraction of sp³-hybridized carbons (Fsp3) is 0.765. The molecule has 0 radical (unpaired) electrons. The summed E-state index contributed by atoms with van der Waals surface area (Å²) in [7, 11) is 0. The summed E-state index contributed by atoms with van der Waals surface area (Å²) in [6.45, 7) is 4.47. The number of allylic oxidation sites excluding steroid dienone is 5. The van der Waals surface area contributed by atoms with E-state index >= 15 is 0 Å². The van der Waals surface area contributed by atoms with E-state index in [4.69, 9.17) is 9.84 Å². The summed E-state index contributed by atoms with van der Waals surface area (Å²) in [4.78, 5) is 23.1. The van der Waals surface area contributed by atoms with Crippen molar-refractivity contribution in [3.63, 3.8) is 0 Å². The number of carboxylic acids is 1. The molecule has 1 unspecified atom stereocenters. The Hall–Kier alpha value is -1.84. The lowest BCUT2D eigenvalue weighted by Gasteiger charge is -2.14. The third-order valence-electron chi connectivity index (χ3n) is 6.82. The number of ether oxygens (including phenoxy) is 1. The van der Waals surface area contributed by atoms with E-state index in [1.165, 1.54) is 77.0 Å². The molecule has 0 aliphatic heterocycles. The van der Waals surface area contributed by atoms with Crippen LogP contribution in [-0.4, -0.2) is 23.1 Å². The highest BCUT2D eigenvalue weighted by Gasteiger charge is 2.11. The van der Waals surface area contributed by atoms with E-state index in [1.807, 2.05) is 6.08 Å². The maximum atomic E-state index is 12.5. The third kappa shape index (κ3) is 28.7. The Bertz CT molecular complexity index is 620. The fourth-order valence-corrected chi connectivity index (χ4v) is 4.42. The minimum absolute atomic E-state index is 0.0907. The van der Waals surface area contributed by atoms with Crippen molar-refractivity contribution in [2.24, 2.45) is 0 Å². The zero-order valence-electron chi connectivity index (χ0n) is 25.0. The minimum Gasteiger partial charge on any atom is -0.481 e. The molecule has 0 spiro atoms. The van der Waals surface area contributed by atoms with E-state index in [2.05, 4.69) is 44.2 Å². The largest absolute Gasteiger partial charge is 0.481 e. The number of rotatable bonds is 28. The van der Waals surface area contributed by atoms with Crippen LogP contribution < -0.4 is 0 Å². The van der Waals surface area contributed by atoms with Crippen LogP contribution in [0.1, 0.15) is 162 Å². The van der Waals surface area contributed by atoms with Gasteiger partial charge in [-0.15, -0.1) is 0 Å². The first-order valence-corrected chi connectivity index (χ1v) is 16.0. The lowest BCUT2D eigenvalue weighted by Crippen LogP contribution is -2.16. The second-order valence-corrected chi connectivity index (χ2v) is 10.6. The van der Waals surface area contributed by atoms with Crippen molar-refractivity contribution >= 4 is 11.9 Å². The number of unbranched alkanes of at least 4 members (excludes halogenated alkanes) is 15. The molecule has 4 heteroatoms. The van der Waals surface area contributed by atoms with Gasteiger partial charge in [0.1, 0.15) is 6.10 Å². The number of hydrogen-bond acceptors (Lipinski definition) is 3. The first-order valence-electron chi connectivity index (χ1n) is 16.0. The van der Waals surface area contributed by atoms with Crippen LogP contribution in [0.5, 0.6) is 0 Å². The Kier molecular flexibility index (Phi) is 28.3. The van der Waals surface area contributed by atoms with Crippen molar-refractivity contribution in [2.45, 2.75) is 168 Å². The van der Waals surface area contributed by atoms with Crippen molar-refractivity contribution in [3.05, 3.63) is 36.5 Å². The number of aliphatic carboxylic acids is 1. The predicted molar refractivity (Wildman–Crippen MR) is 162 cm³/mol. The molecule has 1 N–H and O–H groups in total. The molecule has 4 nitrogen and oxygen atoms in total. The zero-order valence-corrected chi connectivity index (χ0v) is 25.0. The predicted octanol–water partition coefficient (Wildman–Crippen LogP) is 10.7. The van der Waals surface area contributed by atoms with E-state index in [-0.39, 0.29) is 18.5 Å². The number of esters is 1. The van der Waals surface area contributed by atoms with Crippen LogP contribution in [0, 0.1) is 0 Å². The number of carboxylic acid groups (broad SMARTS) is 1. The van der Waals surface area contributed by atoms with Crippen LogP contribution in [0.2, 0.25) is 0 Å². The lowest BCUT2D eigenvalue weighted by molar-refractivity contribution is -0.147. The van der Waals surface area contributed by atoms with Crippen LogP contribution in [0.4, 0.5) is 0 Å². The van der Waals surface area contributed by atoms with Gasteiger partial charge >= 0.3 is 11.9 Å². The lowest BCUT2D eigenvalue weighted by atomic mass is 10.1. The first kappa shape index (κ1) is 36.2.